The number of rotatable bonds is 4. The molecule has 0 saturated carbocycles. The summed E-state index contributed by atoms with van der Waals surface area (Å²) in [6.07, 6.45) is 2.32. The normalized spacial score (nSPS) is 12.2. The molecule has 100 valence electrons. The summed E-state index contributed by atoms with van der Waals surface area (Å²) in [5.74, 6) is -0.283. The quantitative estimate of drug-likeness (QED) is 0.936. The van der Waals surface area contributed by atoms with Crippen LogP contribution in [-0.2, 0) is 0 Å². The first kappa shape index (κ1) is 13.6. The molecule has 1 amide bonds. The van der Waals surface area contributed by atoms with Crippen LogP contribution in [0.15, 0.2) is 24.5 Å². The molecule has 1 N–H and O–H groups in total. The van der Waals surface area contributed by atoms with Crippen molar-refractivity contribution in [2.75, 3.05) is 6.54 Å². The van der Waals surface area contributed by atoms with E-state index in [9.17, 15) is 9.18 Å². The molecule has 19 heavy (non-hydrogen) atoms. The van der Waals surface area contributed by atoms with Gasteiger partial charge in [-0.15, -0.1) is 11.3 Å². The average Bonchev–Trinajstić information content (AvgIpc) is 2.79. The molecule has 2 rings (SSSR count). The molecule has 0 radical (unpaired) electrons. The van der Waals surface area contributed by atoms with E-state index in [0.29, 0.717) is 10.6 Å². The molecule has 0 spiro atoms. The lowest BCUT2D eigenvalue weighted by atomic mass is 10.3. The van der Waals surface area contributed by atoms with Gasteiger partial charge in [0.15, 0.2) is 0 Å². The molecule has 0 aliphatic carbocycles. The lowest BCUT2D eigenvalue weighted by Gasteiger charge is -2.03. The number of amides is 1. The van der Waals surface area contributed by atoms with Crippen molar-refractivity contribution < 1.29 is 9.18 Å². The molecule has 0 aromatic carbocycles. The standard InChI is InChI=1S/C13H14FN3OS/c1-8(14)6-16-12(18)11-9(2)17-13(19-11)10-4-3-5-15-7-10/h3-5,7-8H,6H2,1-2H3,(H,16,18). The van der Waals surface area contributed by atoms with Crippen LogP contribution < -0.4 is 5.32 Å². The number of hydrogen-bond acceptors (Lipinski definition) is 4. The molecule has 0 aliphatic heterocycles. The number of alkyl halides is 1. The first-order valence-electron chi connectivity index (χ1n) is 5.88. The lowest BCUT2D eigenvalue weighted by molar-refractivity contribution is 0.0947. The van der Waals surface area contributed by atoms with E-state index in [4.69, 9.17) is 0 Å². The van der Waals surface area contributed by atoms with Crippen molar-refractivity contribution in [3.05, 3.63) is 35.1 Å². The van der Waals surface area contributed by atoms with E-state index in [0.717, 1.165) is 10.6 Å². The second kappa shape index (κ2) is 5.88. The maximum absolute atomic E-state index is 12.7. The van der Waals surface area contributed by atoms with E-state index in [1.165, 1.54) is 18.3 Å². The number of halogens is 1. The molecule has 1 unspecified atom stereocenters. The molecule has 0 bridgehead atoms. The number of nitrogens with zero attached hydrogens (tertiary/aromatic N) is 2. The molecule has 0 aliphatic rings. The highest BCUT2D eigenvalue weighted by atomic mass is 32.1. The van der Waals surface area contributed by atoms with Crippen molar-refractivity contribution in [1.29, 1.82) is 0 Å². The number of hydrogen-bond donors (Lipinski definition) is 1. The first-order valence-corrected chi connectivity index (χ1v) is 6.69. The van der Waals surface area contributed by atoms with Gasteiger partial charge in [0.1, 0.15) is 16.1 Å². The van der Waals surface area contributed by atoms with Crippen molar-refractivity contribution >= 4 is 17.2 Å². The number of carbonyl (C=O) groups is 1. The molecule has 2 heterocycles. The Morgan fingerprint density at radius 3 is 3.00 bits per heavy atom. The van der Waals surface area contributed by atoms with Gasteiger partial charge >= 0.3 is 0 Å². The third-order valence-electron chi connectivity index (χ3n) is 2.46. The fourth-order valence-electron chi connectivity index (χ4n) is 1.53. The van der Waals surface area contributed by atoms with E-state index in [-0.39, 0.29) is 12.5 Å². The van der Waals surface area contributed by atoms with Gasteiger partial charge in [-0.25, -0.2) is 9.37 Å². The third-order valence-corrected chi connectivity index (χ3v) is 3.66. The van der Waals surface area contributed by atoms with Gasteiger partial charge < -0.3 is 5.32 Å². The third kappa shape index (κ3) is 3.35. The Labute approximate surface area is 114 Å². The van der Waals surface area contributed by atoms with Crippen molar-refractivity contribution in [3.63, 3.8) is 0 Å². The van der Waals surface area contributed by atoms with Crippen LogP contribution >= 0.6 is 11.3 Å². The summed E-state index contributed by atoms with van der Waals surface area (Å²) in [7, 11) is 0. The summed E-state index contributed by atoms with van der Waals surface area (Å²) in [6, 6.07) is 3.70. The van der Waals surface area contributed by atoms with Gasteiger partial charge in [0, 0.05) is 24.5 Å². The topological polar surface area (TPSA) is 54.9 Å². The highest BCUT2D eigenvalue weighted by molar-refractivity contribution is 7.17. The van der Waals surface area contributed by atoms with Crippen molar-refractivity contribution in [3.8, 4) is 10.6 Å². The van der Waals surface area contributed by atoms with Crippen molar-refractivity contribution in [1.82, 2.24) is 15.3 Å². The minimum absolute atomic E-state index is 0.0123. The molecular formula is C13H14FN3OS. The lowest BCUT2D eigenvalue weighted by Crippen LogP contribution is -2.28. The number of nitrogens with one attached hydrogen (secondary N) is 1. The predicted octanol–water partition coefficient (Wildman–Crippen LogP) is 2.60. The second-order valence-corrected chi connectivity index (χ2v) is 5.17. The Morgan fingerprint density at radius 1 is 1.58 bits per heavy atom. The number of carbonyl (C=O) groups excluding carboxylic acids is 1. The Balaban J connectivity index is 2.20. The number of aromatic nitrogens is 2. The van der Waals surface area contributed by atoms with E-state index < -0.39 is 6.17 Å². The van der Waals surface area contributed by atoms with Crippen molar-refractivity contribution in [2.45, 2.75) is 20.0 Å². The Bertz CT molecular complexity index is 569. The smallest absolute Gasteiger partial charge is 0.263 e. The van der Waals surface area contributed by atoms with E-state index >= 15 is 0 Å². The average molecular weight is 279 g/mol. The largest absolute Gasteiger partial charge is 0.348 e. The van der Waals surface area contributed by atoms with E-state index in [1.54, 1.807) is 19.3 Å². The fourth-order valence-corrected chi connectivity index (χ4v) is 2.51. The van der Waals surface area contributed by atoms with Crippen LogP contribution in [0.1, 0.15) is 22.3 Å². The fraction of sp³-hybridized carbons (Fsp3) is 0.308. The Morgan fingerprint density at radius 2 is 2.37 bits per heavy atom. The zero-order valence-electron chi connectivity index (χ0n) is 10.7. The summed E-state index contributed by atoms with van der Waals surface area (Å²) in [5, 5.41) is 3.28. The van der Waals surface area contributed by atoms with Crippen LogP contribution in [0.3, 0.4) is 0 Å². The molecule has 0 saturated heterocycles. The minimum atomic E-state index is -1.06. The summed E-state index contributed by atoms with van der Waals surface area (Å²) in [5.41, 5.74) is 1.52. The predicted molar refractivity (Wildman–Crippen MR) is 73.0 cm³/mol. The second-order valence-electron chi connectivity index (χ2n) is 4.17. The van der Waals surface area contributed by atoms with Gasteiger partial charge in [0.2, 0.25) is 0 Å². The van der Waals surface area contributed by atoms with Gasteiger partial charge in [-0.05, 0) is 26.0 Å². The molecule has 1 atom stereocenters. The van der Waals surface area contributed by atoms with Gasteiger partial charge in [-0.2, -0.15) is 0 Å². The van der Waals surface area contributed by atoms with Crippen LogP contribution in [0, 0.1) is 6.92 Å². The molecule has 0 fully saturated rings. The summed E-state index contributed by atoms with van der Waals surface area (Å²) in [6.45, 7) is 3.18. The Hall–Kier alpha value is -1.82. The van der Waals surface area contributed by atoms with Crippen LogP contribution in [-0.4, -0.2) is 28.6 Å². The first-order chi connectivity index (χ1) is 9.08. The van der Waals surface area contributed by atoms with Crippen LogP contribution in [0.4, 0.5) is 4.39 Å². The zero-order chi connectivity index (χ0) is 13.8. The van der Waals surface area contributed by atoms with Gasteiger partial charge in [-0.1, -0.05) is 0 Å². The van der Waals surface area contributed by atoms with E-state index in [1.807, 2.05) is 12.1 Å². The van der Waals surface area contributed by atoms with Crippen molar-refractivity contribution in [2.24, 2.45) is 0 Å². The van der Waals surface area contributed by atoms with E-state index in [2.05, 4.69) is 15.3 Å². The highest BCUT2D eigenvalue weighted by Crippen LogP contribution is 2.27. The van der Waals surface area contributed by atoms with Crippen LogP contribution in [0.25, 0.3) is 10.6 Å². The Kier molecular flexibility index (Phi) is 4.21. The number of pyridine rings is 1. The van der Waals surface area contributed by atoms with Crippen LogP contribution in [0.5, 0.6) is 0 Å². The van der Waals surface area contributed by atoms with Crippen LogP contribution in [0.2, 0.25) is 0 Å². The summed E-state index contributed by atoms with van der Waals surface area (Å²) < 4.78 is 12.7. The summed E-state index contributed by atoms with van der Waals surface area (Å²) >= 11 is 1.29. The maximum atomic E-state index is 12.7. The van der Waals surface area contributed by atoms with Gasteiger partial charge in [0.25, 0.3) is 5.91 Å². The molecule has 2 aromatic heterocycles. The molecule has 6 heteroatoms. The SMILES string of the molecule is Cc1nc(-c2cccnc2)sc1C(=O)NCC(C)F. The maximum Gasteiger partial charge on any atom is 0.263 e. The number of aryl methyl sites for hydroxylation is 1. The molecule has 2 aromatic rings. The molecular weight excluding hydrogens is 265 g/mol. The highest BCUT2D eigenvalue weighted by Gasteiger charge is 2.16. The minimum Gasteiger partial charge on any atom is -0.348 e. The zero-order valence-corrected chi connectivity index (χ0v) is 11.5. The number of thiazole rings is 1. The van der Waals surface area contributed by atoms with Gasteiger partial charge in [0.05, 0.1) is 5.69 Å². The molecule has 4 nitrogen and oxygen atoms in total. The van der Waals surface area contributed by atoms with Gasteiger partial charge in [-0.3, -0.25) is 9.78 Å². The monoisotopic (exact) mass is 279 g/mol. The summed E-state index contributed by atoms with van der Waals surface area (Å²) in [4.78, 5) is 20.8.